The second-order valence-electron chi connectivity index (χ2n) is 5.06. The van der Waals surface area contributed by atoms with Crippen LogP contribution in [0.3, 0.4) is 0 Å². The summed E-state index contributed by atoms with van der Waals surface area (Å²) in [7, 11) is 3.61. The molecule has 1 aliphatic rings. The Labute approximate surface area is 114 Å². The van der Waals surface area contributed by atoms with Gasteiger partial charge in [0.05, 0.1) is 7.11 Å². The molecule has 19 heavy (non-hydrogen) atoms. The van der Waals surface area contributed by atoms with Crippen LogP contribution in [0.4, 0.5) is 11.9 Å². The van der Waals surface area contributed by atoms with Crippen LogP contribution < -0.4 is 15.0 Å². The van der Waals surface area contributed by atoms with Crippen molar-refractivity contribution in [2.75, 3.05) is 30.9 Å². The zero-order valence-electron chi connectivity index (χ0n) is 12.2. The lowest BCUT2D eigenvalue weighted by atomic mass is 10.2. The molecular weight excluding hydrogens is 242 g/mol. The highest BCUT2D eigenvalue weighted by atomic mass is 16.5. The molecule has 1 heterocycles. The van der Waals surface area contributed by atoms with E-state index in [2.05, 4.69) is 39.0 Å². The maximum Gasteiger partial charge on any atom is 0.322 e. The highest BCUT2D eigenvalue weighted by Crippen LogP contribution is 2.35. The van der Waals surface area contributed by atoms with E-state index in [1.54, 1.807) is 7.11 Å². The molecule has 0 spiro atoms. The average Bonchev–Trinajstić information content (AvgIpc) is 3.27. The second-order valence-corrected chi connectivity index (χ2v) is 5.06. The van der Waals surface area contributed by atoms with E-state index >= 15 is 0 Å². The standard InChI is InChI=1S/C13H23N5O/c1-5-8-14-11-15-12(17-13(16-11)19-4)18(3)9(2)10-6-7-10/h9-10H,5-8H2,1-4H3,(H,14,15,16,17). The molecule has 0 saturated heterocycles. The third-order valence-corrected chi connectivity index (χ3v) is 3.55. The molecule has 106 valence electrons. The van der Waals surface area contributed by atoms with E-state index < -0.39 is 0 Å². The van der Waals surface area contributed by atoms with Crippen molar-refractivity contribution in [2.45, 2.75) is 39.2 Å². The van der Waals surface area contributed by atoms with Gasteiger partial charge in [-0.1, -0.05) is 6.92 Å². The number of methoxy groups -OCH3 is 1. The Morgan fingerprint density at radius 2 is 2.11 bits per heavy atom. The fourth-order valence-electron chi connectivity index (χ4n) is 1.99. The van der Waals surface area contributed by atoms with Gasteiger partial charge in [-0.15, -0.1) is 0 Å². The summed E-state index contributed by atoms with van der Waals surface area (Å²) >= 11 is 0. The minimum atomic E-state index is 0.360. The van der Waals surface area contributed by atoms with Gasteiger partial charge in [-0.2, -0.15) is 15.0 Å². The van der Waals surface area contributed by atoms with Crippen molar-refractivity contribution in [3.63, 3.8) is 0 Å². The van der Waals surface area contributed by atoms with Crippen LogP contribution in [0.25, 0.3) is 0 Å². The predicted molar refractivity (Wildman–Crippen MR) is 75.7 cm³/mol. The second kappa shape index (κ2) is 6.04. The van der Waals surface area contributed by atoms with E-state index in [0.717, 1.165) is 18.9 Å². The summed E-state index contributed by atoms with van der Waals surface area (Å²) in [5, 5.41) is 3.18. The lowest BCUT2D eigenvalue weighted by molar-refractivity contribution is 0.378. The summed E-state index contributed by atoms with van der Waals surface area (Å²) in [5.74, 6) is 2.02. The van der Waals surface area contributed by atoms with Crippen LogP contribution in [0.1, 0.15) is 33.1 Å². The smallest absolute Gasteiger partial charge is 0.322 e. The van der Waals surface area contributed by atoms with Crippen LogP contribution in [0.2, 0.25) is 0 Å². The van der Waals surface area contributed by atoms with Gasteiger partial charge in [0.25, 0.3) is 0 Å². The Balaban J connectivity index is 2.17. The van der Waals surface area contributed by atoms with Gasteiger partial charge in [-0.3, -0.25) is 0 Å². The first kappa shape index (κ1) is 13.8. The number of anilines is 2. The molecule has 1 aromatic rings. The molecule has 6 nitrogen and oxygen atoms in total. The topological polar surface area (TPSA) is 63.2 Å². The first-order valence-electron chi connectivity index (χ1n) is 6.92. The van der Waals surface area contributed by atoms with Gasteiger partial charge < -0.3 is 15.0 Å². The average molecular weight is 265 g/mol. The number of nitrogens with one attached hydrogen (secondary N) is 1. The van der Waals surface area contributed by atoms with Gasteiger partial charge in [-0.25, -0.2) is 0 Å². The van der Waals surface area contributed by atoms with Crippen molar-refractivity contribution in [1.29, 1.82) is 0 Å². The van der Waals surface area contributed by atoms with Crippen molar-refractivity contribution < 1.29 is 4.74 Å². The van der Waals surface area contributed by atoms with E-state index in [1.807, 2.05) is 7.05 Å². The fourth-order valence-corrected chi connectivity index (χ4v) is 1.99. The Morgan fingerprint density at radius 1 is 1.37 bits per heavy atom. The summed E-state index contributed by atoms with van der Waals surface area (Å²) in [5.41, 5.74) is 0. The summed E-state index contributed by atoms with van der Waals surface area (Å²) in [6.07, 6.45) is 3.63. The summed E-state index contributed by atoms with van der Waals surface area (Å²) < 4.78 is 5.15. The molecule has 0 aromatic carbocycles. The summed E-state index contributed by atoms with van der Waals surface area (Å²) in [6, 6.07) is 0.810. The minimum absolute atomic E-state index is 0.360. The number of hydrogen-bond donors (Lipinski definition) is 1. The first-order valence-corrected chi connectivity index (χ1v) is 6.92. The molecule has 0 radical (unpaired) electrons. The molecule has 0 bridgehead atoms. The number of aromatic nitrogens is 3. The first-order chi connectivity index (χ1) is 9.15. The van der Waals surface area contributed by atoms with Crippen LogP contribution in [-0.4, -0.2) is 41.7 Å². The molecule has 1 unspecified atom stereocenters. The van der Waals surface area contributed by atoms with Crippen molar-refractivity contribution in [3.05, 3.63) is 0 Å². The number of ether oxygens (including phenoxy) is 1. The third kappa shape index (κ3) is 3.45. The van der Waals surface area contributed by atoms with Crippen LogP contribution in [0, 0.1) is 5.92 Å². The van der Waals surface area contributed by atoms with Gasteiger partial charge >= 0.3 is 6.01 Å². The quantitative estimate of drug-likeness (QED) is 0.813. The largest absolute Gasteiger partial charge is 0.467 e. The van der Waals surface area contributed by atoms with Crippen LogP contribution >= 0.6 is 0 Å². The maximum atomic E-state index is 5.15. The van der Waals surface area contributed by atoms with Gasteiger partial charge in [0, 0.05) is 19.6 Å². The predicted octanol–water partition coefficient (Wildman–Crippen LogP) is 1.94. The molecule has 1 fully saturated rings. The molecule has 1 N–H and O–H groups in total. The molecule has 6 heteroatoms. The van der Waals surface area contributed by atoms with Gasteiger partial charge in [0.1, 0.15) is 0 Å². The third-order valence-electron chi connectivity index (χ3n) is 3.55. The Morgan fingerprint density at radius 3 is 2.68 bits per heavy atom. The maximum absolute atomic E-state index is 5.15. The van der Waals surface area contributed by atoms with Crippen molar-refractivity contribution >= 4 is 11.9 Å². The van der Waals surface area contributed by atoms with Crippen LogP contribution in [-0.2, 0) is 0 Å². The Kier molecular flexibility index (Phi) is 4.39. The monoisotopic (exact) mass is 265 g/mol. The van der Waals surface area contributed by atoms with Gasteiger partial charge in [0.2, 0.25) is 11.9 Å². The minimum Gasteiger partial charge on any atom is -0.467 e. The van der Waals surface area contributed by atoms with Crippen molar-refractivity contribution in [2.24, 2.45) is 5.92 Å². The lowest BCUT2D eigenvalue weighted by Gasteiger charge is -2.25. The van der Waals surface area contributed by atoms with Crippen LogP contribution in [0.15, 0.2) is 0 Å². The molecular formula is C13H23N5O. The molecule has 1 aromatic heterocycles. The highest BCUT2D eigenvalue weighted by Gasteiger charge is 2.31. The summed E-state index contributed by atoms with van der Waals surface area (Å²) in [6.45, 7) is 5.16. The molecule has 0 amide bonds. The van der Waals surface area contributed by atoms with Crippen molar-refractivity contribution in [1.82, 2.24) is 15.0 Å². The SMILES string of the molecule is CCCNc1nc(OC)nc(N(C)C(C)C2CC2)n1. The zero-order chi connectivity index (χ0) is 13.8. The van der Waals surface area contributed by atoms with Crippen molar-refractivity contribution in [3.8, 4) is 6.01 Å². The van der Waals surface area contributed by atoms with Gasteiger partial charge in [0.15, 0.2) is 0 Å². The molecule has 1 saturated carbocycles. The van der Waals surface area contributed by atoms with E-state index in [4.69, 9.17) is 4.74 Å². The molecule has 2 rings (SSSR count). The Bertz CT molecular complexity index is 421. The van der Waals surface area contributed by atoms with Crippen LogP contribution in [0.5, 0.6) is 6.01 Å². The van der Waals surface area contributed by atoms with E-state index in [0.29, 0.717) is 23.9 Å². The number of hydrogen-bond acceptors (Lipinski definition) is 6. The summed E-state index contributed by atoms with van der Waals surface area (Å²) in [4.78, 5) is 15.1. The molecule has 0 aliphatic heterocycles. The van der Waals surface area contributed by atoms with E-state index in [-0.39, 0.29) is 0 Å². The van der Waals surface area contributed by atoms with E-state index in [1.165, 1.54) is 12.8 Å². The lowest BCUT2D eigenvalue weighted by Crippen LogP contribution is -2.32. The highest BCUT2D eigenvalue weighted by molar-refractivity contribution is 5.38. The Hall–Kier alpha value is -1.59. The fraction of sp³-hybridized carbons (Fsp3) is 0.769. The van der Waals surface area contributed by atoms with E-state index in [9.17, 15) is 0 Å². The number of rotatable bonds is 7. The molecule has 1 aliphatic carbocycles. The molecule has 1 atom stereocenters. The van der Waals surface area contributed by atoms with Gasteiger partial charge in [-0.05, 0) is 32.1 Å². The zero-order valence-corrected chi connectivity index (χ0v) is 12.2. The normalized spacial score (nSPS) is 16.0. The number of nitrogens with zero attached hydrogens (tertiary/aromatic N) is 4.